The number of para-hydroxylation sites is 1. The lowest BCUT2D eigenvalue weighted by Gasteiger charge is -2.21. The van der Waals surface area contributed by atoms with E-state index in [1.165, 1.54) is 18.2 Å². The Morgan fingerprint density at radius 1 is 1.10 bits per heavy atom. The van der Waals surface area contributed by atoms with Crippen molar-refractivity contribution >= 4 is 17.5 Å². The van der Waals surface area contributed by atoms with Crippen molar-refractivity contribution in [2.75, 3.05) is 18.0 Å². The number of amides is 2. The van der Waals surface area contributed by atoms with Crippen LogP contribution < -0.4 is 10.2 Å². The van der Waals surface area contributed by atoms with Crippen LogP contribution in [0.4, 0.5) is 10.1 Å². The van der Waals surface area contributed by atoms with E-state index in [1.54, 1.807) is 4.90 Å². The lowest BCUT2D eigenvalue weighted by atomic mass is 10.0. The number of fused-ring (bicyclic) bond motifs is 1. The summed E-state index contributed by atoms with van der Waals surface area (Å²) >= 11 is 0. The maximum absolute atomic E-state index is 13.3. The molecule has 0 saturated carbocycles. The summed E-state index contributed by atoms with van der Waals surface area (Å²) in [5.74, 6) is -1.24. The van der Waals surface area contributed by atoms with Crippen LogP contribution in [0.2, 0.25) is 0 Å². The van der Waals surface area contributed by atoms with E-state index in [0.717, 1.165) is 23.7 Å². The number of nitrogens with one attached hydrogen (secondary N) is 1. The number of halogens is 1. The number of rotatable bonds is 5. The molecule has 0 aromatic heterocycles. The van der Waals surface area contributed by atoms with Crippen molar-refractivity contribution in [3.63, 3.8) is 0 Å². The molecule has 2 heterocycles. The van der Waals surface area contributed by atoms with Crippen molar-refractivity contribution < 1.29 is 28.9 Å². The first-order valence-corrected chi connectivity index (χ1v) is 9.87. The number of benzene rings is 2. The molecule has 0 unspecified atom stereocenters. The van der Waals surface area contributed by atoms with E-state index in [9.17, 15) is 24.2 Å². The van der Waals surface area contributed by atoms with E-state index in [2.05, 4.69) is 5.32 Å². The highest BCUT2D eigenvalue weighted by molar-refractivity contribution is 5.96. The monoisotopic (exact) mass is 414 g/mol. The van der Waals surface area contributed by atoms with Gasteiger partial charge < -0.3 is 25.2 Å². The zero-order valence-corrected chi connectivity index (χ0v) is 16.2. The number of carbonyl (C=O) groups excluding carboxylic acids is 2. The molecule has 1 saturated heterocycles. The lowest BCUT2D eigenvalue weighted by molar-refractivity contribution is -0.122. The second-order valence-electron chi connectivity index (χ2n) is 7.54. The molecule has 4 rings (SSSR count). The Bertz CT molecular complexity index is 953. The van der Waals surface area contributed by atoms with Gasteiger partial charge in [0.25, 0.3) is 5.91 Å². The van der Waals surface area contributed by atoms with Gasteiger partial charge in [0.05, 0.1) is 12.5 Å². The van der Waals surface area contributed by atoms with E-state index in [-0.39, 0.29) is 24.4 Å². The molecule has 0 radical (unpaired) electrons. The minimum absolute atomic E-state index is 0.0786. The van der Waals surface area contributed by atoms with E-state index in [1.807, 2.05) is 24.3 Å². The van der Waals surface area contributed by atoms with Crippen LogP contribution in [0, 0.1) is 5.82 Å². The summed E-state index contributed by atoms with van der Waals surface area (Å²) in [6, 6.07) is 12.9. The van der Waals surface area contributed by atoms with Crippen LogP contribution in [0.5, 0.6) is 0 Å². The minimum atomic E-state index is -1.25. The topological polar surface area (TPSA) is 99.1 Å². The summed E-state index contributed by atoms with van der Waals surface area (Å²) in [7, 11) is 0. The predicted molar refractivity (Wildman–Crippen MR) is 107 cm³/mol. The molecule has 7 nitrogen and oxygen atoms in total. The number of hydrogen-bond acceptors (Lipinski definition) is 5. The molecule has 2 aromatic rings. The van der Waals surface area contributed by atoms with Crippen LogP contribution in [0.15, 0.2) is 48.5 Å². The third-order valence-electron chi connectivity index (χ3n) is 5.58. The molecule has 30 heavy (non-hydrogen) atoms. The number of aliphatic hydroxyl groups is 2. The number of carbonyl (C=O) groups is 2. The molecular formula is C22H23FN2O5. The first kappa shape index (κ1) is 20.5. The molecule has 158 valence electrons. The molecule has 8 heteroatoms. The van der Waals surface area contributed by atoms with Gasteiger partial charge in [-0.15, -0.1) is 0 Å². The van der Waals surface area contributed by atoms with Gasteiger partial charge in [0.1, 0.15) is 24.1 Å². The minimum Gasteiger partial charge on any atom is -0.388 e. The maximum atomic E-state index is 13.3. The Hall–Kier alpha value is -2.81. The molecule has 1 fully saturated rings. The second-order valence-corrected chi connectivity index (χ2v) is 7.54. The van der Waals surface area contributed by atoms with Crippen molar-refractivity contribution in [2.24, 2.45) is 0 Å². The summed E-state index contributed by atoms with van der Waals surface area (Å²) in [6.45, 7) is 0.488. The summed E-state index contributed by atoms with van der Waals surface area (Å²) in [4.78, 5) is 26.6. The fraction of sp³-hybridized carbons (Fsp3) is 0.364. The summed E-state index contributed by atoms with van der Waals surface area (Å²) in [6.07, 6.45) is -3.56. The zero-order valence-electron chi connectivity index (χ0n) is 16.2. The molecule has 0 aliphatic carbocycles. The fourth-order valence-corrected chi connectivity index (χ4v) is 3.97. The molecule has 0 spiro atoms. The molecule has 4 atom stereocenters. The first-order valence-electron chi connectivity index (χ1n) is 9.87. The normalized spacial score (nSPS) is 25.2. The van der Waals surface area contributed by atoms with Gasteiger partial charge >= 0.3 is 0 Å². The van der Waals surface area contributed by atoms with Crippen molar-refractivity contribution in [1.82, 2.24) is 5.32 Å². The van der Waals surface area contributed by atoms with Crippen LogP contribution >= 0.6 is 0 Å². The molecule has 2 aliphatic rings. The average Bonchev–Trinajstić information content (AvgIpc) is 3.29. The van der Waals surface area contributed by atoms with Gasteiger partial charge in [-0.25, -0.2) is 4.39 Å². The van der Waals surface area contributed by atoms with E-state index >= 15 is 0 Å². The van der Waals surface area contributed by atoms with Gasteiger partial charge in [-0.1, -0.05) is 24.3 Å². The Labute approximate surface area is 173 Å². The number of aliphatic hydroxyl groups excluding tert-OH is 2. The highest BCUT2D eigenvalue weighted by atomic mass is 19.1. The van der Waals surface area contributed by atoms with Crippen molar-refractivity contribution in [1.29, 1.82) is 0 Å². The SMILES string of the molecule is O=C(NC[C@H]1O[C@H](CC(=O)N2CCc3ccccc32)[C@H](O)[C@@H]1O)c1cccc(F)c1. The molecular weight excluding hydrogens is 391 g/mol. The second kappa shape index (κ2) is 8.51. The van der Waals surface area contributed by atoms with E-state index in [0.29, 0.717) is 6.54 Å². The van der Waals surface area contributed by atoms with Crippen LogP contribution in [0.25, 0.3) is 0 Å². The number of anilines is 1. The molecule has 2 aromatic carbocycles. The number of ether oxygens (including phenoxy) is 1. The van der Waals surface area contributed by atoms with Gasteiger partial charge in [0.15, 0.2) is 0 Å². The highest BCUT2D eigenvalue weighted by Crippen LogP contribution is 2.30. The molecule has 0 bridgehead atoms. The molecule has 3 N–H and O–H groups in total. The van der Waals surface area contributed by atoms with Gasteiger partial charge in [0.2, 0.25) is 5.91 Å². The highest BCUT2D eigenvalue weighted by Gasteiger charge is 2.44. The summed E-state index contributed by atoms with van der Waals surface area (Å²) < 4.78 is 18.9. The largest absolute Gasteiger partial charge is 0.388 e. The Morgan fingerprint density at radius 2 is 1.87 bits per heavy atom. The number of hydrogen-bond donors (Lipinski definition) is 3. The first-order chi connectivity index (χ1) is 14.4. The van der Waals surface area contributed by atoms with Crippen LogP contribution in [0.1, 0.15) is 22.3 Å². The van der Waals surface area contributed by atoms with Gasteiger partial charge in [-0.05, 0) is 36.2 Å². The predicted octanol–water partition coefficient (Wildman–Crippen LogP) is 1.02. The lowest BCUT2D eigenvalue weighted by Crippen LogP contribution is -2.40. The zero-order chi connectivity index (χ0) is 21.3. The number of nitrogens with zero attached hydrogens (tertiary/aromatic N) is 1. The maximum Gasteiger partial charge on any atom is 0.251 e. The standard InChI is InChI=1S/C22H23FN2O5/c23-15-6-3-5-14(10-15)22(29)24-12-18-21(28)20(27)17(30-18)11-19(26)25-9-8-13-4-1-2-7-16(13)25/h1-7,10,17-18,20-21,27-28H,8-9,11-12H2,(H,24,29)/t17-,18-,20+,21-/m1/s1. The molecule has 2 aliphatic heterocycles. The van der Waals surface area contributed by atoms with Crippen LogP contribution in [-0.4, -0.2) is 59.5 Å². The van der Waals surface area contributed by atoms with E-state index in [4.69, 9.17) is 4.74 Å². The van der Waals surface area contributed by atoms with Crippen LogP contribution in [0.3, 0.4) is 0 Å². The Kier molecular flexibility index (Phi) is 5.80. The third-order valence-corrected chi connectivity index (χ3v) is 5.58. The van der Waals surface area contributed by atoms with Crippen molar-refractivity contribution in [3.8, 4) is 0 Å². The van der Waals surface area contributed by atoms with Crippen molar-refractivity contribution in [2.45, 2.75) is 37.3 Å². The summed E-state index contributed by atoms with van der Waals surface area (Å²) in [5, 5.41) is 23.2. The van der Waals surface area contributed by atoms with Gasteiger partial charge in [0, 0.05) is 24.3 Å². The summed E-state index contributed by atoms with van der Waals surface area (Å²) in [5.41, 5.74) is 2.09. The fourth-order valence-electron chi connectivity index (χ4n) is 3.97. The van der Waals surface area contributed by atoms with Crippen molar-refractivity contribution in [3.05, 3.63) is 65.5 Å². The van der Waals surface area contributed by atoms with Gasteiger partial charge in [-0.2, -0.15) is 0 Å². The Balaban J connectivity index is 1.34. The Morgan fingerprint density at radius 3 is 2.67 bits per heavy atom. The smallest absolute Gasteiger partial charge is 0.251 e. The third kappa shape index (κ3) is 4.07. The van der Waals surface area contributed by atoms with E-state index < -0.39 is 36.1 Å². The van der Waals surface area contributed by atoms with Gasteiger partial charge in [-0.3, -0.25) is 9.59 Å². The van der Waals surface area contributed by atoms with Crippen LogP contribution in [-0.2, 0) is 16.0 Å². The quantitative estimate of drug-likeness (QED) is 0.679. The average molecular weight is 414 g/mol. The molecule has 2 amide bonds.